The minimum Gasteiger partial charge on any atom is -0.454 e. The van der Waals surface area contributed by atoms with Crippen LogP contribution < -0.4 is 14.8 Å². The normalized spacial score (nSPS) is 12.1. The van der Waals surface area contributed by atoms with Gasteiger partial charge in [0.1, 0.15) is 11.6 Å². The number of amides is 1. The lowest BCUT2D eigenvalue weighted by atomic mass is 10.1. The van der Waals surface area contributed by atoms with Crippen LogP contribution >= 0.6 is 15.9 Å². The lowest BCUT2D eigenvalue weighted by molar-refractivity contribution is 0.102. The van der Waals surface area contributed by atoms with E-state index in [4.69, 9.17) is 9.47 Å². The fourth-order valence-corrected chi connectivity index (χ4v) is 3.35. The molecule has 0 unspecified atom stereocenters. The van der Waals surface area contributed by atoms with Crippen molar-refractivity contribution in [3.8, 4) is 22.6 Å². The molecule has 5 nitrogen and oxygen atoms in total. The first-order chi connectivity index (χ1) is 13.0. The standard InChI is InChI=1S/C20H14BrFN2O3/c1-11-13(3-2-4-16(11)22)20(25)24-19-6-5-12(9-23-19)14-7-17-18(8-15(14)21)27-10-26-17/h2-9H,10H2,1H3,(H,23,24,25). The Hall–Kier alpha value is -2.93. The summed E-state index contributed by atoms with van der Waals surface area (Å²) in [4.78, 5) is 16.7. The van der Waals surface area contributed by atoms with E-state index in [1.165, 1.54) is 12.1 Å². The Balaban J connectivity index is 1.56. The molecule has 0 radical (unpaired) electrons. The van der Waals surface area contributed by atoms with Crippen LogP contribution in [0.2, 0.25) is 0 Å². The molecule has 0 aliphatic carbocycles. The average molecular weight is 429 g/mol. The molecule has 27 heavy (non-hydrogen) atoms. The van der Waals surface area contributed by atoms with Crippen molar-refractivity contribution in [1.29, 1.82) is 0 Å². The number of ether oxygens (including phenoxy) is 2. The Kier molecular flexibility index (Phi) is 4.53. The highest BCUT2D eigenvalue weighted by Gasteiger charge is 2.17. The molecule has 0 saturated heterocycles. The molecule has 1 aliphatic heterocycles. The van der Waals surface area contributed by atoms with Crippen molar-refractivity contribution in [3.63, 3.8) is 0 Å². The van der Waals surface area contributed by atoms with Gasteiger partial charge in [-0.2, -0.15) is 0 Å². The molecule has 7 heteroatoms. The number of hydrogen-bond donors (Lipinski definition) is 1. The molecule has 136 valence electrons. The van der Waals surface area contributed by atoms with E-state index in [-0.39, 0.29) is 12.4 Å². The molecule has 2 aromatic carbocycles. The van der Waals surface area contributed by atoms with Crippen molar-refractivity contribution in [3.05, 3.63) is 70.1 Å². The fraction of sp³-hybridized carbons (Fsp3) is 0.100. The van der Waals surface area contributed by atoms with Crippen molar-refractivity contribution in [2.24, 2.45) is 0 Å². The quantitative estimate of drug-likeness (QED) is 0.641. The van der Waals surface area contributed by atoms with Gasteiger partial charge in [0.25, 0.3) is 5.91 Å². The summed E-state index contributed by atoms with van der Waals surface area (Å²) in [6.45, 7) is 1.77. The van der Waals surface area contributed by atoms with E-state index in [0.29, 0.717) is 22.9 Å². The van der Waals surface area contributed by atoms with Gasteiger partial charge in [-0.25, -0.2) is 9.37 Å². The number of pyridine rings is 1. The highest BCUT2D eigenvalue weighted by atomic mass is 79.9. The van der Waals surface area contributed by atoms with E-state index in [0.717, 1.165) is 15.6 Å². The highest BCUT2D eigenvalue weighted by molar-refractivity contribution is 9.10. The van der Waals surface area contributed by atoms with Gasteiger partial charge in [-0.3, -0.25) is 4.79 Å². The van der Waals surface area contributed by atoms with Crippen LogP contribution in [0, 0.1) is 12.7 Å². The van der Waals surface area contributed by atoms with Crippen molar-refractivity contribution in [1.82, 2.24) is 4.98 Å². The summed E-state index contributed by atoms with van der Waals surface area (Å²) in [7, 11) is 0. The number of halogens is 2. The Bertz CT molecular complexity index is 1040. The van der Waals surface area contributed by atoms with Crippen LogP contribution in [-0.2, 0) is 0 Å². The van der Waals surface area contributed by atoms with Crippen LogP contribution in [0.5, 0.6) is 11.5 Å². The molecule has 1 aliphatic rings. The maximum atomic E-state index is 13.6. The molecule has 0 saturated carbocycles. The monoisotopic (exact) mass is 428 g/mol. The predicted octanol–water partition coefficient (Wildman–Crippen LogP) is 4.94. The summed E-state index contributed by atoms with van der Waals surface area (Å²) in [5.41, 5.74) is 2.32. The Morgan fingerprint density at radius 1 is 1.19 bits per heavy atom. The van der Waals surface area contributed by atoms with E-state index in [2.05, 4.69) is 26.2 Å². The van der Waals surface area contributed by atoms with Crippen LogP contribution in [-0.4, -0.2) is 17.7 Å². The van der Waals surface area contributed by atoms with Crippen LogP contribution in [0.4, 0.5) is 10.2 Å². The first kappa shape index (κ1) is 17.5. The second kappa shape index (κ2) is 7.00. The molecule has 0 atom stereocenters. The number of benzene rings is 2. The zero-order valence-electron chi connectivity index (χ0n) is 14.3. The minimum absolute atomic E-state index is 0.202. The second-order valence-electron chi connectivity index (χ2n) is 5.98. The summed E-state index contributed by atoms with van der Waals surface area (Å²) < 4.78 is 25.2. The highest BCUT2D eigenvalue weighted by Crippen LogP contribution is 2.40. The average Bonchev–Trinajstić information content (AvgIpc) is 3.11. The zero-order chi connectivity index (χ0) is 19.0. The van der Waals surface area contributed by atoms with Crippen molar-refractivity contribution >= 4 is 27.7 Å². The lowest BCUT2D eigenvalue weighted by Gasteiger charge is -2.09. The topological polar surface area (TPSA) is 60.5 Å². The van der Waals surface area contributed by atoms with Crippen molar-refractivity contribution in [2.75, 3.05) is 12.1 Å². The van der Waals surface area contributed by atoms with Crippen molar-refractivity contribution in [2.45, 2.75) is 6.92 Å². The first-order valence-corrected chi connectivity index (χ1v) is 8.94. The number of anilines is 1. The van der Waals surface area contributed by atoms with E-state index >= 15 is 0 Å². The van der Waals surface area contributed by atoms with Gasteiger partial charge in [-0.1, -0.05) is 22.0 Å². The van der Waals surface area contributed by atoms with Gasteiger partial charge in [-0.15, -0.1) is 0 Å². The minimum atomic E-state index is -0.418. The van der Waals surface area contributed by atoms with Crippen LogP contribution in [0.1, 0.15) is 15.9 Å². The summed E-state index contributed by atoms with van der Waals surface area (Å²) in [6.07, 6.45) is 1.65. The molecule has 4 rings (SSSR count). The second-order valence-corrected chi connectivity index (χ2v) is 6.84. The number of fused-ring (bicyclic) bond motifs is 1. The van der Waals surface area contributed by atoms with Gasteiger partial charge < -0.3 is 14.8 Å². The third kappa shape index (κ3) is 3.38. The van der Waals surface area contributed by atoms with Crippen molar-refractivity contribution < 1.29 is 18.7 Å². The number of aromatic nitrogens is 1. The number of nitrogens with zero attached hydrogens (tertiary/aromatic N) is 1. The molecule has 2 heterocycles. The van der Waals surface area contributed by atoms with Gasteiger partial charge in [0.2, 0.25) is 6.79 Å². The van der Waals surface area contributed by atoms with Gasteiger partial charge in [0.15, 0.2) is 11.5 Å². The molecular formula is C20H14BrFN2O3. The number of carbonyl (C=O) groups is 1. The Labute approximate surface area is 163 Å². The molecule has 1 N–H and O–H groups in total. The van der Waals surface area contributed by atoms with Gasteiger partial charge >= 0.3 is 0 Å². The van der Waals surface area contributed by atoms with E-state index < -0.39 is 11.7 Å². The summed E-state index contributed by atoms with van der Waals surface area (Å²) in [6, 6.07) is 11.7. The Morgan fingerprint density at radius 3 is 2.70 bits per heavy atom. The maximum Gasteiger partial charge on any atom is 0.257 e. The van der Waals surface area contributed by atoms with E-state index in [9.17, 15) is 9.18 Å². The van der Waals surface area contributed by atoms with E-state index in [1.807, 2.05) is 18.2 Å². The lowest BCUT2D eigenvalue weighted by Crippen LogP contribution is -2.14. The Morgan fingerprint density at radius 2 is 1.96 bits per heavy atom. The molecule has 0 fully saturated rings. The molecule has 1 amide bonds. The molecule has 0 spiro atoms. The molecule has 1 aromatic heterocycles. The number of hydrogen-bond acceptors (Lipinski definition) is 4. The number of rotatable bonds is 3. The largest absolute Gasteiger partial charge is 0.454 e. The molecule has 3 aromatic rings. The SMILES string of the molecule is Cc1c(F)cccc1C(=O)Nc1ccc(-c2cc3c(cc2Br)OCO3)cn1. The van der Waals surface area contributed by atoms with Crippen LogP contribution in [0.15, 0.2) is 53.1 Å². The smallest absolute Gasteiger partial charge is 0.257 e. The zero-order valence-corrected chi connectivity index (χ0v) is 15.8. The summed E-state index contributed by atoms with van der Waals surface area (Å²) in [5.74, 6) is 0.916. The van der Waals surface area contributed by atoms with E-state index in [1.54, 1.807) is 25.3 Å². The van der Waals surface area contributed by atoms with Crippen LogP contribution in [0.3, 0.4) is 0 Å². The first-order valence-electron chi connectivity index (χ1n) is 8.15. The van der Waals surface area contributed by atoms with Gasteiger partial charge in [0.05, 0.1) is 0 Å². The third-order valence-corrected chi connectivity index (χ3v) is 4.95. The number of carbonyl (C=O) groups excluding carboxylic acids is 1. The third-order valence-electron chi connectivity index (χ3n) is 4.29. The van der Waals surface area contributed by atoms with Crippen LogP contribution in [0.25, 0.3) is 11.1 Å². The van der Waals surface area contributed by atoms with Gasteiger partial charge in [-0.05, 0) is 48.9 Å². The van der Waals surface area contributed by atoms with Gasteiger partial charge in [0, 0.05) is 27.4 Å². The molecular weight excluding hydrogens is 415 g/mol. The summed E-state index contributed by atoms with van der Waals surface area (Å²) in [5, 5.41) is 2.69. The maximum absolute atomic E-state index is 13.6. The molecule has 0 bridgehead atoms. The fourth-order valence-electron chi connectivity index (χ4n) is 2.80. The number of nitrogens with one attached hydrogen (secondary N) is 1. The predicted molar refractivity (Wildman–Crippen MR) is 103 cm³/mol. The summed E-state index contributed by atoms with van der Waals surface area (Å²) >= 11 is 3.52.